The van der Waals surface area contributed by atoms with E-state index in [9.17, 15) is 4.79 Å². The molecule has 0 aliphatic carbocycles. The van der Waals surface area contributed by atoms with Gasteiger partial charge in [0, 0.05) is 42.8 Å². The summed E-state index contributed by atoms with van der Waals surface area (Å²) in [6.07, 6.45) is 8.65. The highest BCUT2D eigenvalue weighted by Crippen LogP contribution is 2.34. The third-order valence-corrected chi connectivity index (χ3v) is 6.12. The number of benzene rings is 1. The third-order valence-electron chi connectivity index (χ3n) is 5.13. The molecule has 5 nitrogen and oxygen atoms in total. The predicted molar refractivity (Wildman–Crippen MR) is 115 cm³/mol. The second-order valence-corrected chi connectivity index (χ2v) is 8.42. The average molecular weight is 399 g/mol. The number of hydrogen-bond donors (Lipinski definition) is 1. The maximum atomic E-state index is 12.4. The summed E-state index contributed by atoms with van der Waals surface area (Å²) in [5.41, 5.74) is 1.25. The standard InChI is InChI=1S/C22H30N4OS/c1-3-4-5-12-24-21(27)18-10-15-26(16-11-18)20-22(25-14-13-23-20)28-19-8-6-17(2)7-9-19/h6-9,13-14,18H,3-5,10-12,15-16H2,1-2H3,(H,24,27). The van der Waals surface area contributed by atoms with Gasteiger partial charge in [-0.1, -0.05) is 49.2 Å². The minimum atomic E-state index is 0.114. The van der Waals surface area contributed by atoms with E-state index in [1.807, 2.05) is 0 Å². The van der Waals surface area contributed by atoms with Crippen LogP contribution in [0.15, 0.2) is 46.6 Å². The number of piperidine rings is 1. The second kappa shape index (κ2) is 10.5. The van der Waals surface area contributed by atoms with Crippen LogP contribution in [0.4, 0.5) is 5.82 Å². The SMILES string of the molecule is CCCCCNC(=O)C1CCN(c2nccnc2Sc2ccc(C)cc2)CC1. The number of rotatable bonds is 8. The number of unbranched alkanes of at least 4 members (excludes halogenated alkanes) is 2. The van der Waals surface area contributed by atoms with Crippen molar-refractivity contribution in [3.63, 3.8) is 0 Å². The lowest BCUT2D eigenvalue weighted by molar-refractivity contribution is -0.125. The molecule has 1 saturated heterocycles. The molecule has 0 unspecified atom stereocenters. The average Bonchev–Trinajstić information content (AvgIpc) is 2.73. The first-order valence-electron chi connectivity index (χ1n) is 10.3. The summed E-state index contributed by atoms with van der Waals surface area (Å²) >= 11 is 1.64. The molecule has 28 heavy (non-hydrogen) atoms. The molecule has 0 saturated carbocycles. The Bertz CT molecular complexity index is 757. The molecule has 2 heterocycles. The molecule has 1 fully saturated rings. The van der Waals surface area contributed by atoms with E-state index in [0.717, 1.165) is 54.6 Å². The highest BCUT2D eigenvalue weighted by atomic mass is 32.2. The van der Waals surface area contributed by atoms with Gasteiger partial charge in [-0.3, -0.25) is 4.79 Å². The lowest BCUT2D eigenvalue weighted by atomic mass is 9.96. The van der Waals surface area contributed by atoms with Crippen LogP contribution in [-0.2, 0) is 4.79 Å². The first kappa shape index (κ1) is 20.6. The summed E-state index contributed by atoms with van der Waals surface area (Å²) in [5, 5.41) is 4.03. The number of aromatic nitrogens is 2. The molecular weight excluding hydrogens is 368 g/mol. The third kappa shape index (κ3) is 5.71. The number of carbonyl (C=O) groups excluding carboxylic acids is 1. The Kier molecular flexibility index (Phi) is 7.71. The molecular formula is C22H30N4OS. The van der Waals surface area contributed by atoms with Crippen molar-refractivity contribution >= 4 is 23.5 Å². The van der Waals surface area contributed by atoms with Gasteiger partial charge in [0.2, 0.25) is 5.91 Å². The van der Waals surface area contributed by atoms with Gasteiger partial charge >= 0.3 is 0 Å². The van der Waals surface area contributed by atoms with E-state index in [4.69, 9.17) is 0 Å². The zero-order chi connectivity index (χ0) is 19.8. The molecule has 6 heteroatoms. The Balaban J connectivity index is 1.57. The molecule has 1 amide bonds. The predicted octanol–water partition coefficient (Wildman–Crippen LogP) is 4.46. The Morgan fingerprint density at radius 3 is 2.57 bits per heavy atom. The zero-order valence-corrected chi connectivity index (χ0v) is 17.7. The van der Waals surface area contributed by atoms with Crippen LogP contribution in [-0.4, -0.2) is 35.5 Å². The Morgan fingerprint density at radius 1 is 1.14 bits per heavy atom. The van der Waals surface area contributed by atoms with Gasteiger partial charge in [0.05, 0.1) is 0 Å². The molecule has 1 aliphatic rings. The Hall–Kier alpha value is -2.08. The Labute approximate surface area is 172 Å². The van der Waals surface area contributed by atoms with Gasteiger partial charge in [-0.25, -0.2) is 9.97 Å². The maximum absolute atomic E-state index is 12.4. The van der Waals surface area contributed by atoms with Crippen molar-refractivity contribution in [3.8, 4) is 0 Å². The van der Waals surface area contributed by atoms with Gasteiger partial charge in [0.1, 0.15) is 5.03 Å². The fourth-order valence-corrected chi connectivity index (χ4v) is 4.29. The molecule has 0 bridgehead atoms. The highest BCUT2D eigenvalue weighted by Gasteiger charge is 2.26. The molecule has 0 atom stereocenters. The van der Waals surface area contributed by atoms with Crippen LogP contribution < -0.4 is 10.2 Å². The summed E-state index contributed by atoms with van der Waals surface area (Å²) in [5.74, 6) is 1.25. The Morgan fingerprint density at radius 2 is 1.86 bits per heavy atom. The van der Waals surface area contributed by atoms with E-state index in [1.165, 1.54) is 18.4 Å². The van der Waals surface area contributed by atoms with E-state index >= 15 is 0 Å². The minimum Gasteiger partial charge on any atom is -0.356 e. The zero-order valence-electron chi connectivity index (χ0n) is 16.9. The van der Waals surface area contributed by atoms with Crippen LogP contribution in [0.3, 0.4) is 0 Å². The quantitative estimate of drug-likeness (QED) is 0.665. The summed E-state index contributed by atoms with van der Waals surface area (Å²) < 4.78 is 0. The van der Waals surface area contributed by atoms with Crippen molar-refractivity contribution < 1.29 is 4.79 Å². The van der Waals surface area contributed by atoms with Gasteiger partial charge in [-0.15, -0.1) is 0 Å². The van der Waals surface area contributed by atoms with Crippen molar-refractivity contribution in [1.29, 1.82) is 0 Å². The smallest absolute Gasteiger partial charge is 0.223 e. The van der Waals surface area contributed by atoms with Crippen molar-refractivity contribution in [2.75, 3.05) is 24.5 Å². The van der Waals surface area contributed by atoms with Gasteiger partial charge in [0.15, 0.2) is 5.82 Å². The fourth-order valence-electron chi connectivity index (χ4n) is 3.41. The van der Waals surface area contributed by atoms with Gasteiger partial charge in [-0.2, -0.15) is 0 Å². The molecule has 2 aromatic rings. The van der Waals surface area contributed by atoms with Crippen LogP contribution in [0.25, 0.3) is 0 Å². The summed E-state index contributed by atoms with van der Waals surface area (Å²) in [4.78, 5) is 25.0. The number of nitrogens with zero attached hydrogens (tertiary/aromatic N) is 3. The van der Waals surface area contributed by atoms with Crippen LogP contribution >= 0.6 is 11.8 Å². The van der Waals surface area contributed by atoms with Crippen molar-refractivity contribution in [2.24, 2.45) is 5.92 Å². The fraction of sp³-hybridized carbons (Fsp3) is 0.500. The number of anilines is 1. The summed E-state index contributed by atoms with van der Waals surface area (Å²) in [6, 6.07) is 8.47. The topological polar surface area (TPSA) is 58.1 Å². The monoisotopic (exact) mass is 398 g/mol. The maximum Gasteiger partial charge on any atom is 0.223 e. The second-order valence-electron chi connectivity index (χ2n) is 7.36. The largest absolute Gasteiger partial charge is 0.356 e. The number of carbonyl (C=O) groups is 1. The molecule has 150 valence electrons. The molecule has 0 spiro atoms. The van der Waals surface area contributed by atoms with Crippen molar-refractivity contribution in [3.05, 3.63) is 42.2 Å². The molecule has 1 aromatic heterocycles. The van der Waals surface area contributed by atoms with Crippen LogP contribution in [0.1, 0.15) is 44.6 Å². The van der Waals surface area contributed by atoms with E-state index in [0.29, 0.717) is 0 Å². The number of hydrogen-bond acceptors (Lipinski definition) is 5. The molecule has 1 aliphatic heterocycles. The van der Waals surface area contributed by atoms with Gasteiger partial charge < -0.3 is 10.2 Å². The first-order chi connectivity index (χ1) is 13.7. The number of amides is 1. The molecule has 1 N–H and O–H groups in total. The minimum absolute atomic E-state index is 0.114. The lowest BCUT2D eigenvalue weighted by Gasteiger charge is -2.32. The van der Waals surface area contributed by atoms with Crippen molar-refractivity contribution in [1.82, 2.24) is 15.3 Å². The van der Waals surface area contributed by atoms with Gasteiger partial charge in [-0.05, 0) is 38.3 Å². The lowest BCUT2D eigenvalue weighted by Crippen LogP contribution is -2.41. The van der Waals surface area contributed by atoms with Crippen LogP contribution in [0.2, 0.25) is 0 Å². The number of aryl methyl sites for hydroxylation is 1. The van der Waals surface area contributed by atoms with E-state index in [1.54, 1.807) is 24.2 Å². The summed E-state index contributed by atoms with van der Waals surface area (Å²) in [7, 11) is 0. The first-order valence-corrected chi connectivity index (χ1v) is 11.1. The molecule has 1 aromatic carbocycles. The number of nitrogens with one attached hydrogen (secondary N) is 1. The van der Waals surface area contributed by atoms with Gasteiger partial charge in [0.25, 0.3) is 0 Å². The normalized spacial score (nSPS) is 14.9. The van der Waals surface area contributed by atoms with E-state index < -0.39 is 0 Å². The van der Waals surface area contributed by atoms with Crippen molar-refractivity contribution in [2.45, 2.75) is 55.9 Å². The van der Waals surface area contributed by atoms with Crippen LogP contribution in [0.5, 0.6) is 0 Å². The molecule has 0 radical (unpaired) electrons. The van der Waals surface area contributed by atoms with E-state index in [2.05, 4.69) is 58.3 Å². The van der Waals surface area contributed by atoms with Crippen LogP contribution in [0, 0.1) is 12.8 Å². The summed E-state index contributed by atoms with van der Waals surface area (Å²) in [6.45, 7) is 6.75. The highest BCUT2D eigenvalue weighted by molar-refractivity contribution is 7.99. The van der Waals surface area contributed by atoms with E-state index in [-0.39, 0.29) is 11.8 Å². The molecule has 3 rings (SSSR count).